The molecule has 0 aliphatic heterocycles. The highest BCUT2D eigenvalue weighted by atomic mass is 16.3. The summed E-state index contributed by atoms with van der Waals surface area (Å²) in [6, 6.07) is 0. The van der Waals surface area contributed by atoms with Crippen molar-refractivity contribution < 1.29 is 15.3 Å². The van der Waals surface area contributed by atoms with E-state index in [0.29, 0.717) is 18.8 Å². The molecule has 3 heteroatoms. The molecule has 0 aromatic rings. The van der Waals surface area contributed by atoms with E-state index < -0.39 is 11.7 Å². The van der Waals surface area contributed by atoms with Crippen molar-refractivity contribution in [1.82, 2.24) is 0 Å². The van der Waals surface area contributed by atoms with E-state index in [9.17, 15) is 10.2 Å². The third-order valence-electron chi connectivity index (χ3n) is 4.62. The van der Waals surface area contributed by atoms with Gasteiger partial charge in [-0.15, -0.1) is 0 Å². The quantitative estimate of drug-likeness (QED) is 0.643. The highest BCUT2D eigenvalue weighted by molar-refractivity contribution is 5.38. The Morgan fingerprint density at radius 2 is 2.00 bits per heavy atom. The van der Waals surface area contributed by atoms with Crippen molar-refractivity contribution >= 4 is 0 Å². The van der Waals surface area contributed by atoms with E-state index in [1.165, 1.54) is 0 Å². The summed E-state index contributed by atoms with van der Waals surface area (Å²) in [5.74, 6) is 0.348. The number of aliphatic hydroxyl groups excluding tert-OH is 2. The zero-order valence-electron chi connectivity index (χ0n) is 11.0. The Morgan fingerprint density at radius 3 is 2.59 bits per heavy atom. The van der Waals surface area contributed by atoms with Gasteiger partial charge in [0.05, 0.1) is 11.7 Å². The molecule has 2 aliphatic carbocycles. The number of hydrogen-bond donors (Lipinski definition) is 3. The van der Waals surface area contributed by atoms with Crippen LogP contribution in [-0.4, -0.2) is 33.6 Å². The van der Waals surface area contributed by atoms with Gasteiger partial charge in [-0.2, -0.15) is 0 Å². The molecule has 3 atom stereocenters. The first-order valence-electron chi connectivity index (χ1n) is 6.56. The molecule has 0 heterocycles. The first-order valence-corrected chi connectivity index (χ1v) is 6.56. The summed E-state index contributed by atoms with van der Waals surface area (Å²) in [6.45, 7) is 6.21. The summed E-state index contributed by atoms with van der Waals surface area (Å²) < 4.78 is 0. The van der Waals surface area contributed by atoms with Crippen molar-refractivity contribution in [1.29, 1.82) is 0 Å². The van der Waals surface area contributed by atoms with E-state index in [1.54, 1.807) is 0 Å². The van der Waals surface area contributed by atoms with Gasteiger partial charge in [-0.25, -0.2) is 0 Å². The first-order chi connectivity index (χ1) is 7.82. The van der Waals surface area contributed by atoms with Crippen molar-refractivity contribution in [2.24, 2.45) is 11.3 Å². The second kappa shape index (κ2) is 4.08. The monoisotopic (exact) mass is 240 g/mol. The van der Waals surface area contributed by atoms with Crippen molar-refractivity contribution in [3.63, 3.8) is 0 Å². The Hall–Kier alpha value is -0.380. The van der Waals surface area contributed by atoms with Gasteiger partial charge in [0.15, 0.2) is 0 Å². The topological polar surface area (TPSA) is 60.7 Å². The van der Waals surface area contributed by atoms with Gasteiger partial charge in [-0.3, -0.25) is 0 Å². The van der Waals surface area contributed by atoms with Gasteiger partial charge in [0.1, 0.15) is 0 Å². The molecule has 0 spiro atoms. The molecule has 0 fully saturated rings. The predicted octanol–water partition coefficient (Wildman–Crippen LogP) is 1.62. The van der Waals surface area contributed by atoms with Gasteiger partial charge in [-0.05, 0) is 41.7 Å². The van der Waals surface area contributed by atoms with Crippen molar-refractivity contribution in [2.45, 2.75) is 58.2 Å². The third-order valence-corrected chi connectivity index (χ3v) is 4.62. The fourth-order valence-corrected chi connectivity index (χ4v) is 3.46. The lowest BCUT2D eigenvalue weighted by atomic mass is 9.74. The summed E-state index contributed by atoms with van der Waals surface area (Å²) in [4.78, 5) is 0. The maximum atomic E-state index is 10.7. The molecule has 3 nitrogen and oxygen atoms in total. The molecule has 2 aliphatic rings. The van der Waals surface area contributed by atoms with Gasteiger partial charge in [0.2, 0.25) is 0 Å². The minimum Gasteiger partial charge on any atom is -0.396 e. The zero-order valence-corrected chi connectivity index (χ0v) is 11.0. The molecule has 0 aromatic carbocycles. The van der Waals surface area contributed by atoms with E-state index in [4.69, 9.17) is 5.11 Å². The molecule has 17 heavy (non-hydrogen) atoms. The second-order valence-corrected chi connectivity index (χ2v) is 6.45. The minimum absolute atomic E-state index is 0.00180. The molecule has 98 valence electrons. The minimum atomic E-state index is -0.884. The molecule has 0 bridgehead atoms. The van der Waals surface area contributed by atoms with E-state index in [2.05, 4.69) is 6.92 Å². The number of aliphatic hydroxyl groups is 3. The van der Waals surface area contributed by atoms with E-state index in [1.807, 2.05) is 13.8 Å². The Morgan fingerprint density at radius 1 is 1.35 bits per heavy atom. The summed E-state index contributed by atoms with van der Waals surface area (Å²) >= 11 is 0. The number of rotatable bonds is 2. The first kappa shape index (κ1) is 13.1. The van der Waals surface area contributed by atoms with Crippen LogP contribution in [0.15, 0.2) is 11.1 Å². The third kappa shape index (κ3) is 1.94. The van der Waals surface area contributed by atoms with Crippen LogP contribution in [0.3, 0.4) is 0 Å². The molecule has 0 unspecified atom stereocenters. The predicted molar refractivity (Wildman–Crippen MR) is 66.5 cm³/mol. The molecule has 0 aromatic heterocycles. The summed E-state index contributed by atoms with van der Waals surface area (Å²) in [5.41, 5.74) is 0.970. The van der Waals surface area contributed by atoms with Gasteiger partial charge in [0, 0.05) is 13.0 Å². The van der Waals surface area contributed by atoms with Gasteiger partial charge in [0.25, 0.3) is 0 Å². The Labute approximate surface area is 103 Å². The highest BCUT2D eigenvalue weighted by Gasteiger charge is 2.50. The molecule has 0 amide bonds. The molecule has 0 radical (unpaired) electrons. The average molecular weight is 240 g/mol. The lowest BCUT2D eigenvalue weighted by Gasteiger charge is -2.37. The SMILES string of the molecule is C[C@@H]1CC[C@](O)(CCO)C2=C1[C@@H](O)C(C)(C)C2. The van der Waals surface area contributed by atoms with Crippen LogP contribution < -0.4 is 0 Å². The van der Waals surface area contributed by atoms with Crippen LogP contribution in [0.25, 0.3) is 0 Å². The fourth-order valence-electron chi connectivity index (χ4n) is 3.46. The van der Waals surface area contributed by atoms with Gasteiger partial charge >= 0.3 is 0 Å². The molecule has 3 N–H and O–H groups in total. The van der Waals surface area contributed by atoms with E-state index in [-0.39, 0.29) is 12.0 Å². The fraction of sp³-hybridized carbons (Fsp3) is 0.857. The van der Waals surface area contributed by atoms with Crippen molar-refractivity contribution in [3.8, 4) is 0 Å². The van der Waals surface area contributed by atoms with E-state index >= 15 is 0 Å². The molecular formula is C14H24O3. The van der Waals surface area contributed by atoms with Crippen LogP contribution in [0, 0.1) is 11.3 Å². The molecule has 0 saturated carbocycles. The maximum Gasteiger partial charge on any atom is 0.0882 e. The smallest absolute Gasteiger partial charge is 0.0882 e. The second-order valence-electron chi connectivity index (χ2n) is 6.45. The lowest BCUT2D eigenvalue weighted by molar-refractivity contribution is 0.0266. The van der Waals surface area contributed by atoms with Crippen LogP contribution in [0.4, 0.5) is 0 Å². The molecule has 0 saturated heterocycles. The molecular weight excluding hydrogens is 216 g/mol. The standard InChI is InChI=1S/C14H24O3/c1-9-4-5-14(17,6-7-15)10-8-13(2,3)12(16)11(9)10/h9,12,15-17H,4-8H2,1-3H3/t9-,12-,14+/m1/s1. The van der Waals surface area contributed by atoms with Crippen LogP contribution in [0.1, 0.15) is 46.5 Å². The summed E-state index contributed by atoms with van der Waals surface area (Å²) in [6.07, 6.45) is 2.28. The van der Waals surface area contributed by atoms with Crippen LogP contribution >= 0.6 is 0 Å². The zero-order chi connectivity index (χ0) is 12.8. The summed E-state index contributed by atoms with van der Waals surface area (Å²) in [5, 5.41) is 30.2. The van der Waals surface area contributed by atoms with Gasteiger partial charge in [-0.1, -0.05) is 20.8 Å². The van der Waals surface area contributed by atoms with Crippen LogP contribution in [0.2, 0.25) is 0 Å². The van der Waals surface area contributed by atoms with E-state index in [0.717, 1.165) is 24.0 Å². The Kier molecular flexibility index (Phi) is 3.13. The van der Waals surface area contributed by atoms with Crippen LogP contribution in [-0.2, 0) is 0 Å². The maximum absolute atomic E-state index is 10.7. The van der Waals surface area contributed by atoms with Crippen LogP contribution in [0.5, 0.6) is 0 Å². The lowest BCUT2D eigenvalue weighted by Crippen LogP contribution is -2.37. The highest BCUT2D eigenvalue weighted by Crippen LogP contribution is 2.53. The summed E-state index contributed by atoms with van der Waals surface area (Å²) in [7, 11) is 0. The Balaban J connectivity index is 2.41. The van der Waals surface area contributed by atoms with Gasteiger partial charge < -0.3 is 15.3 Å². The average Bonchev–Trinajstić information content (AvgIpc) is 2.48. The van der Waals surface area contributed by atoms with Crippen molar-refractivity contribution in [3.05, 3.63) is 11.1 Å². The van der Waals surface area contributed by atoms with Crippen molar-refractivity contribution in [2.75, 3.05) is 6.61 Å². The largest absolute Gasteiger partial charge is 0.396 e. The number of hydrogen-bond acceptors (Lipinski definition) is 3. The Bertz CT molecular complexity index is 345. The molecule has 2 rings (SSSR count). The normalized spacial score (nSPS) is 40.6.